The van der Waals surface area contributed by atoms with Crippen molar-refractivity contribution in [1.29, 1.82) is 0 Å². The highest BCUT2D eigenvalue weighted by molar-refractivity contribution is 5.78. The summed E-state index contributed by atoms with van der Waals surface area (Å²) in [5, 5.41) is 33.7. The highest BCUT2D eigenvalue weighted by atomic mass is 16.6. The molecule has 1 saturated heterocycles. The van der Waals surface area contributed by atoms with Gasteiger partial charge < -0.3 is 30.1 Å². The minimum Gasteiger partial charge on any atom is -0.479 e. The van der Waals surface area contributed by atoms with Crippen molar-refractivity contribution >= 4 is 17.1 Å². The molecule has 0 amide bonds. The van der Waals surface area contributed by atoms with Crippen LogP contribution in [0.4, 0.5) is 5.95 Å². The second kappa shape index (κ2) is 7.80. The Labute approximate surface area is 173 Å². The van der Waals surface area contributed by atoms with Gasteiger partial charge in [0, 0.05) is 6.54 Å². The molecule has 1 aliphatic rings. The van der Waals surface area contributed by atoms with E-state index in [4.69, 9.17) is 9.47 Å². The average molecular weight is 415 g/mol. The van der Waals surface area contributed by atoms with Crippen molar-refractivity contribution in [1.82, 2.24) is 19.5 Å². The summed E-state index contributed by atoms with van der Waals surface area (Å²) in [6.45, 7) is 3.55. The normalized spacial score (nSPS) is 26.3. The van der Waals surface area contributed by atoms with Crippen LogP contribution in [-0.2, 0) is 11.3 Å². The van der Waals surface area contributed by atoms with Gasteiger partial charge in [0.25, 0.3) is 0 Å². The zero-order valence-electron chi connectivity index (χ0n) is 17.0. The van der Waals surface area contributed by atoms with Crippen molar-refractivity contribution in [2.75, 3.05) is 19.0 Å². The molecule has 1 aliphatic heterocycles. The van der Waals surface area contributed by atoms with Crippen molar-refractivity contribution < 1.29 is 24.8 Å². The molecule has 0 unspecified atom stereocenters. The number of anilines is 1. The lowest BCUT2D eigenvalue weighted by molar-refractivity contribution is -0.0950. The topological polar surface area (TPSA) is 135 Å². The summed E-state index contributed by atoms with van der Waals surface area (Å²) >= 11 is 0. The number of ether oxygens (including phenoxy) is 2. The fraction of sp³-hybridized carbons (Fsp3) is 0.450. The molecule has 1 fully saturated rings. The smallest absolute Gasteiger partial charge is 0.246 e. The summed E-state index contributed by atoms with van der Waals surface area (Å²) in [5.74, 6) is 0.584. The third kappa shape index (κ3) is 3.47. The molecule has 0 spiro atoms. The summed E-state index contributed by atoms with van der Waals surface area (Å²) in [4.78, 5) is 13.2. The number of aliphatic hydroxyl groups is 3. The number of hydrogen-bond acceptors (Lipinski definition) is 9. The molecule has 2 aromatic heterocycles. The molecule has 4 atom stereocenters. The quantitative estimate of drug-likeness (QED) is 0.460. The van der Waals surface area contributed by atoms with Crippen LogP contribution >= 0.6 is 0 Å². The maximum absolute atomic E-state index is 10.8. The van der Waals surface area contributed by atoms with E-state index in [0.717, 1.165) is 5.56 Å². The molecule has 4 rings (SSSR count). The Balaban J connectivity index is 1.69. The molecule has 1 aromatic carbocycles. The first-order valence-electron chi connectivity index (χ1n) is 9.60. The van der Waals surface area contributed by atoms with Crippen molar-refractivity contribution in [3.63, 3.8) is 0 Å². The molecule has 0 aliphatic carbocycles. The van der Waals surface area contributed by atoms with E-state index in [1.165, 1.54) is 30.5 Å². The number of aryl methyl sites for hydroxylation is 1. The van der Waals surface area contributed by atoms with E-state index in [9.17, 15) is 15.3 Å². The van der Waals surface area contributed by atoms with Crippen LogP contribution in [0, 0.1) is 6.92 Å². The zero-order valence-corrected chi connectivity index (χ0v) is 17.0. The summed E-state index contributed by atoms with van der Waals surface area (Å²) in [5.41, 5.74) is 1.33. The third-order valence-electron chi connectivity index (χ3n) is 5.34. The maximum atomic E-state index is 10.8. The molecule has 3 aromatic rings. The number of methoxy groups -OCH3 is 1. The van der Waals surface area contributed by atoms with Crippen molar-refractivity contribution in [3.8, 4) is 5.88 Å². The Morgan fingerprint density at radius 2 is 2.00 bits per heavy atom. The second-order valence-electron chi connectivity index (χ2n) is 7.60. The van der Waals surface area contributed by atoms with Gasteiger partial charge in [-0.25, -0.2) is 4.98 Å². The first-order valence-corrected chi connectivity index (χ1v) is 9.60. The number of imidazole rings is 1. The molecule has 30 heavy (non-hydrogen) atoms. The Hall–Kier alpha value is -2.79. The minimum atomic E-state index is -1.66. The van der Waals surface area contributed by atoms with Crippen LogP contribution in [0.2, 0.25) is 0 Å². The average Bonchev–Trinajstić information content (AvgIpc) is 3.25. The van der Waals surface area contributed by atoms with E-state index < -0.39 is 30.6 Å². The number of benzene rings is 1. The van der Waals surface area contributed by atoms with Gasteiger partial charge in [0.1, 0.15) is 17.8 Å². The lowest BCUT2D eigenvalue weighted by atomic mass is 9.96. The molecular formula is C20H25N5O5. The lowest BCUT2D eigenvalue weighted by Crippen LogP contribution is -2.44. The number of aliphatic hydroxyl groups excluding tert-OH is 2. The highest BCUT2D eigenvalue weighted by Gasteiger charge is 2.53. The SMILES string of the molecule is COc1nc(NCc2ccc(C)cc2)nc2c1ncn2[C@@H]1O[C@H](CO)[C@@H](O)[C@@]1(C)O. The summed E-state index contributed by atoms with van der Waals surface area (Å²) in [7, 11) is 1.48. The van der Waals surface area contributed by atoms with Crippen LogP contribution in [0.1, 0.15) is 24.3 Å². The standard InChI is InChI=1S/C20H25N5O5/c1-11-4-6-12(7-5-11)8-21-19-23-16-14(17(24-19)29-3)22-10-25(16)18-20(2,28)15(27)13(9-26)30-18/h4-7,10,13,15,18,26-28H,8-9H2,1-3H3,(H,21,23,24)/t13-,15-,18-,20-/m1/s1. The fourth-order valence-corrected chi connectivity index (χ4v) is 3.56. The van der Waals surface area contributed by atoms with E-state index in [1.54, 1.807) is 0 Å². The lowest BCUT2D eigenvalue weighted by Gasteiger charge is -2.27. The molecule has 4 N–H and O–H groups in total. The zero-order chi connectivity index (χ0) is 21.5. The van der Waals surface area contributed by atoms with E-state index >= 15 is 0 Å². The summed E-state index contributed by atoms with van der Waals surface area (Å²) < 4.78 is 12.6. The number of fused-ring (bicyclic) bond motifs is 1. The van der Waals surface area contributed by atoms with Gasteiger partial charge in [0.15, 0.2) is 17.4 Å². The van der Waals surface area contributed by atoms with Gasteiger partial charge in [-0.15, -0.1) is 0 Å². The van der Waals surface area contributed by atoms with Gasteiger partial charge in [-0.3, -0.25) is 4.57 Å². The predicted molar refractivity (Wildman–Crippen MR) is 108 cm³/mol. The van der Waals surface area contributed by atoms with E-state index in [1.807, 2.05) is 31.2 Å². The van der Waals surface area contributed by atoms with Gasteiger partial charge >= 0.3 is 0 Å². The number of nitrogens with zero attached hydrogens (tertiary/aromatic N) is 4. The molecule has 0 radical (unpaired) electrons. The van der Waals surface area contributed by atoms with Crippen molar-refractivity contribution in [2.45, 2.75) is 44.4 Å². The van der Waals surface area contributed by atoms with Gasteiger partial charge in [-0.1, -0.05) is 29.8 Å². The van der Waals surface area contributed by atoms with Crippen LogP contribution in [0.3, 0.4) is 0 Å². The molecule has 3 heterocycles. The number of aromatic nitrogens is 4. The third-order valence-corrected chi connectivity index (χ3v) is 5.34. The number of nitrogens with one attached hydrogen (secondary N) is 1. The minimum absolute atomic E-state index is 0.266. The Morgan fingerprint density at radius 1 is 1.27 bits per heavy atom. The molecule has 160 valence electrons. The van der Waals surface area contributed by atoms with E-state index in [0.29, 0.717) is 23.7 Å². The van der Waals surface area contributed by atoms with Gasteiger partial charge in [-0.05, 0) is 19.4 Å². The number of rotatable bonds is 6. The molecule has 0 bridgehead atoms. The first kappa shape index (κ1) is 20.5. The molecule has 10 nitrogen and oxygen atoms in total. The monoisotopic (exact) mass is 415 g/mol. The van der Waals surface area contributed by atoms with Gasteiger partial charge in [-0.2, -0.15) is 9.97 Å². The predicted octanol–water partition coefficient (Wildman–Crippen LogP) is 0.757. The van der Waals surface area contributed by atoms with Gasteiger partial charge in [0.2, 0.25) is 11.8 Å². The molecule has 10 heteroatoms. The Bertz CT molecular complexity index is 1040. The van der Waals surface area contributed by atoms with Crippen LogP contribution in [0.5, 0.6) is 5.88 Å². The maximum Gasteiger partial charge on any atom is 0.246 e. The van der Waals surface area contributed by atoms with Crippen LogP contribution in [0.15, 0.2) is 30.6 Å². The van der Waals surface area contributed by atoms with E-state index in [-0.39, 0.29) is 5.88 Å². The van der Waals surface area contributed by atoms with Gasteiger partial charge in [0.05, 0.1) is 20.0 Å². The second-order valence-corrected chi connectivity index (χ2v) is 7.60. The molecule has 0 saturated carbocycles. The first-order chi connectivity index (χ1) is 14.3. The van der Waals surface area contributed by atoms with Crippen molar-refractivity contribution in [2.24, 2.45) is 0 Å². The van der Waals surface area contributed by atoms with Crippen molar-refractivity contribution in [3.05, 3.63) is 41.7 Å². The highest BCUT2D eigenvalue weighted by Crippen LogP contribution is 2.40. The number of hydrogen-bond donors (Lipinski definition) is 4. The summed E-state index contributed by atoms with van der Waals surface area (Å²) in [6.07, 6.45) is -1.76. The Morgan fingerprint density at radius 3 is 2.63 bits per heavy atom. The largest absolute Gasteiger partial charge is 0.479 e. The van der Waals surface area contributed by atoms with Crippen LogP contribution in [-0.4, -0.2) is 66.4 Å². The fourth-order valence-electron chi connectivity index (χ4n) is 3.56. The molecular weight excluding hydrogens is 390 g/mol. The van der Waals surface area contributed by atoms with E-state index in [2.05, 4.69) is 20.3 Å². The summed E-state index contributed by atoms with van der Waals surface area (Å²) in [6, 6.07) is 8.09. The van der Waals surface area contributed by atoms with Crippen LogP contribution in [0.25, 0.3) is 11.2 Å². The van der Waals surface area contributed by atoms with Crippen LogP contribution < -0.4 is 10.1 Å². The Kier molecular flexibility index (Phi) is 5.33.